The normalized spacial score (nSPS) is 13.1. The van der Waals surface area contributed by atoms with E-state index in [4.69, 9.17) is 4.98 Å². The Bertz CT molecular complexity index is 1330. The molecule has 0 spiro atoms. The molecule has 1 atom stereocenters. The van der Waals surface area contributed by atoms with E-state index < -0.39 is 10.0 Å². The van der Waals surface area contributed by atoms with Gasteiger partial charge in [0.15, 0.2) is 0 Å². The molecule has 2 aromatic carbocycles. The highest BCUT2D eigenvalue weighted by molar-refractivity contribution is 7.89. The van der Waals surface area contributed by atoms with Crippen molar-refractivity contribution < 1.29 is 12.8 Å². The van der Waals surface area contributed by atoms with Gasteiger partial charge in [0.05, 0.1) is 28.5 Å². The number of thiophene rings is 1. The number of sulfonamides is 1. The molecule has 6 nitrogen and oxygen atoms in total. The van der Waals surface area contributed by atoms with E-state index in [1.54, 1.807) is 35.6 Å². The standard InChI is InChI=1S/C24H27FN4O2S2/c1-4-13-29-21-12-11-19(33(30,31)28(2)3)15-20(21)27-23(29)16-26-24(22-6-5-14-32-22)17-7-9-18(25)10-8-17/h5-12,14-15,24,26H,4,13,16H2,1-3H3/t24-/m0/s1. The van der Waals surface area contributed by atoms with Crippen LogP contribution < -0.4 is 5.32 Å². The Hall–Kier alpha value is -2.59. The maximum atomic E-state index is 13.5. The van der Waals surface area contributed by atoms with Crippen molar-refractivity contribution >= 4 is 32.4 Å². The number of hydrogen-bond donors (Lipinski definition) is 1. The van der Waals surface area contributed by atoms with E-state index in [0.29, 0.717) is 12.1 Å². The molecule has 9 heteroatoms. The zero-order valence-electron chi connectivity index (χ0n) is 18.8. The quantitative estimate of drug-likeness (QED) is 0.370. The third-order valence-electron chi connectivity index (χ3n) is 5.52. The molecule has 0 radical (unpaired) electrons. The molecule has 2 aromatic heterocycles. The smallest absolute Gasteiger partial charge is 0.242 e. The largest absolute Gasteiger partial charge is 0.327 e. The number of rotatable bonds is 9. The lowest BCUT2D eigenvalue weighted by Gasteiger charge is -2.18. The Morgan fingerprint density at radius 2 is 1.91 bits per heavy atom. The van der Waals surface area contributed by atoms with Crippen LogP contribution in [-0.2, 0) is 23.1 Å². The van der Waals surface area contributed by atoms with Gasteiger partial charge in [-0.1, -0.05) is 25.1 Å². The first kappa shape index (κ1) is 23.6. The molecule has 0 unspecified atom stereocenters. The molecule has 0 saturated heterocycles. The van der Waals surface area contributed by atoms with E-state index in [2.05, 4.69) is 22.9 Å². The van der Waals surface area contributed by atoms with Crippen molar-refractivity contribution in [3.05, 3.63) is 82.1 Å². The van der Waals surface area contributed by atoms with Crippen LogP contribution in [0, 0.1) is 5.82 Å². The minimum absolute atomic E-state index is 0.106. The van der Waals surface area contributed by atoms with Gasteiger partial charge >= 0.3 is 0 Å². The summed E-state index contributed by atoms with van der Waals surface area (Å²) >= 11 is 1.64. The minimum Gasteiger partial charge on any atom is -0.327 e. The number of nitrogens with zero attached hydrogens (tertiary/aromatic N) is 3. The van der Waals surface area contributed by atoms with Gasteiger partial charge in [-0.2, -0.15) is 0 Å². The second-order valence-corrected chi connectivity index (χ2v) is 11.1. The molecule has 0 fully saturated rings. The fourth-order valence-corrected chi connectivity index (χ4v) is 5.57. The Labute approximate surface area is 197 Å². The number of halogens is 1. The fraction of sp³-hybridized carbons (Fsp3) is 0.292. The van der Waals surface area contributed by atoms with Gasteiger partial charge in [0, 0.05) is 25.5 Å². The molecule has 0 amide bonds. The lowest BCUT2D eigenvalue weighted by Crippen LogP contribution is -2.23. The van der Waals surface area contributed by atoms with Crippen molar-refractivity contribution in [1.82, 2.24) is 19.2 Å². The molecule has 1 N–H and O–H groups in total. The van der Waals surface area contributed by atoms with Gasteiger partial charge < -0.3 is 4.57 Å². The van der Waals surface area contributed by atoms with Crippen molar-refractivity contribution in [3.8, 4) is 0 Å². The Balaban J connectivity index is 1.69. The molecular formula is C24H27FN4O2S2. The first-order valence-electron chi connectivity index (χ1n) is 10.7. The van der Waals surface area contributed by atoms with E-state index in [1.165, 1.54) is 30.5 Å². The van der Waals surface area contributed by atoms with Crippen molar-refractivity contribution in [1.29, 1.82) is 0 Å². The van der Waals surface area contributed by atoms with Gasteiger partial charge in [-0.3, -0.25) is 5.32 Å². The summed E-state index contributed by atoms with van der Waals surface area (Å²) in [5, 5.41) is 5.60. The van der Waals surface area contributed by atoms with Gasteiger partial charge in [-0.15, -0.1) is 11.3 Å². The monoisotopic (exact) mass is 486 g/mol. The maximum Gasteiger partial charge on any atom is 0.242 e. The molecule has 4 aromatic rings. The van der Waals surface area contributed by atoms with Crippen LogP contribution in [0.2, 0.25) is 0 Å². The van der Waals surface area contributed by atoms with Crippen molar-refractivity contribution in [3.63, 3.8) is 0 Å². The summed E-state index contributed by atoms with van der Waals surface area (Å²) in [5.41, 5.74) is 2.52. The molecule has 2 heterocycles. The summed E-state index contributed by atoms with van der Waals surface area (Å²) in [6.07, 6.45) is 0.919. The molecule has 0 bridgehead atoms. The van der Waals surface area contributed by atoms with Crippen LogP contribution in [-0.4, -0.2) is 36.4 Å². The Morgan fingerprint density at radius 1 is 1.15 bits per heavy atom. The molecule has 174 valence electrons. The Morgan fingerprint density at radius 3 is 2.55 bits per heavy atom. The molecule has 0 aliphatic rings. The number of nitrogens with one attached hydrogen (secondary N) is 1. The average molecular weight is 487 g/mol. The highest BCUT2D eigenvalue weighted by Crippen LogP contribution is 2.28. The average Bonchev–Trinajstić information content (AvgIpc) is 3.43. The SMILES string of the molecule is CCCn1c(CN[C@@H](c2ccc(F)cc2)c2cccs2)nc2cc(S(=O)(=O)N(C)C)ccc21. The van der Waals surface area contributed by atoms with Crippen LogP contribution in [0.5, 0.6) is 0 Å². The summed E-state index contributed by atoms with van der Waals surface area (Å²) in [4.78, 5) is 6.14. The van der Waals surface area contributed by atoms with E-state index in [-0.39, 0.29) is 16.8 Å². The summed E-state index contributed by atoms with van der Waals surface area (Å²) in [6.45, 7) is 3.35. The fourth-order valence-electron chi connectivity index (χ4n) is 3.83. The highest BCUT2D eigenvalue weighted by atomic mass is 32.2. The van der Waals surface area contributed by atoms with Crippen LogP contribution in [0.4, 0.5) is 4.39 Å². The number of hydrogen-bond acceptors (Lipinski definition) is 5. The van der Waals surface area contributed by atoms with Gasteiger partial charge in [0.2, 0.25) is 10.0 Å². The molecule has 0 aliphatic carbocycles. The molecule has 4 rings (SSSR count). The van der Waals surface area contributed by atoms with Gasteiger partial charge in [-0.25, -0.2) is 22.1 Å². The third-order valence-corrected chi connectivity index (χ3v) is 8.27. The maximum absolute atomic E-state index is 13.5. The summed E-state index contributed by atoms with van der Waals surface area (Å²) in [6, 6.07) is 15.6. The number of aryl methyl sites for hydroxylation is 1. The third kappa shape index (κ3) is 4.86. The lowest BCUT2D eigenvalue weighted by atomic mass is 10.1. The van der Waals surface area contributed by atoms with Crippen LogP contribution >= 0.6 is 11.3 Å². The van der Waals surface area contributed by atoms with Crippen molar-refractivity contribution in [2.75, 3.05) is 14.1 Å². The summed E-state index contributed by atoms with van der Waals surface area (Å²) in [7, 11) is -0.503. The van der Waals surface area contributed by atoms with E-state index in [9.17, 15) is 12.8 Å². The minimum atomic E-state index is -3.54. The topological polar surface area (TPSA) is 67.2 Å². The predicted molar refractivity (Wildman–Crippen MR) is 130 cm³/mol. The van der Waals surface area contributed by atoms with Crippen LogP contribution in [0.1, 0.15) is 35.7 Å². The highest BCUT2D eigenvalue weighted by Gasteiger charge is 2.21. The Kier molecular flexibility index (Phi) is 6.94. The first-order valence-corrected chi connectivity index (χ1v) is 13.1. The van der Waals surface area contributed by atoms with E-state index >= 15 is 0 Å². The van der Waals surface area contributed by atoms with Crippen LogP contribution in [0.3, 0.4) is 0 Å². The van der Waals surface area contributed by atoms with E-state index in [0.717, 1.165) is 34.7 Å². The number of imidazole rings is 1. The first-order chi connectivity index (χ1) is 15.8. The van der Waals surface area contributed by atoms with Crippen molar-refractivity contribution in [2.45, 2.75) is 37.4 Å². The number of benzene rings is 2. The van der Waals surface area contributed by atoms with Crippen molar-refractivity contribution in [2.24, 2.45) is 0 Å². The predicted octanol–water partition coefficient (Wildman–Crippen LogP) is 4.78. The second-order valence-electron chi connectivity index (χ2n) is 8.00. The lowest BCUT2D eigenvalue weighted by molar-refractivity contribution is 0.521. The zero-order valence-corrected chi connectivity index (χ0v) is 20.5. The van der Waals surface area contributed by atoms with Gasteiger partial charge in [-0.05, 0) is 53.8 Å². The van der Waals surface area contributed by atoms with Gasteiger partial charge in [0.25, 0.3) is 0 Å². The zero-order chi connectivity index (χ0) is 23.6. The van der Waals surface area contributed by atoms with Crippen LogP contribution in [0.25, 0.3) is 11.0 Å². The molecular weight excluding hydrogens is 459 g/mol. The van der Waals surface area contributed by atoms with Gasteiger partial charge in [0.1, 0.15) is 11.6 Å². The molecule has 0 saturated carbocycles. The number of fused-ring (bicyclic) bond motifs is 1. The van der Waals surface area contributed by atoms with E-state index in [1.807, 2.05) is 17.5 Å². The number of aromatic nitrogens is 2. The van der Waals surface area contributed by atoms with Crippen LogP contribution in [0.15, 0.2) is 64.9 Å². The molecule has 0 aliphatic heterocycles. The summed E-state index contributed by atoms with van der Waals surface area (Å²) in [5.74, 6) is 0.562. The second kappa shape index (κ2) is 9.72. The summed E-state index contributed by atoms with van der Waals surface area (Å²) < 4.78 is 42.0. The molecule has 33 heavy (non-hydrogen) atoms.